The molecule has 15 heavy (non-hydrogen) atoms. The fourth-order valence-corrected chi connectivity index (χ4v) is 2.70. The van der Waals surface area contributed by atoms with Gasteiger partial charge in [0.2, 0.25) is 0 Å². The molecule has 0 aromatic heterocycles. The monoisotopic (exact) mass is 235 g/mol. The second-order valence-corrected chi connectivity index (χ2v) is 7.08. The standard InChI is InChI=1S/C11H25NO2S/c1-5-11(4)15(13,14)8-6-7-12-9-10(2)3/h10-12H,5-9H2,1-4H3. The number of rotatable bonds is 8. The molecule has 0 amide bonds. The Morgan fingerprint density at radius 2 is 1.80 bits per heavy atom. The summed E-state index contributed by atoms with van der Waals surface area (Å²) in [5.41, 5.74) is 0. The predicted octanol–water partition coefficient (Wildman–Crippen LogP) is 1.84. The Morgan fingerprint density at radius 1 is 1.20 bits per heavy atom. The van der Waals surface area contributed by atoms with E-state index in [2.05, 4.69) is 19.2 Å². The summed E-state index contributed by atoms with van der Waals surface area (Å²) in [5.74, 6) is 0.934. The van der Waals surface area contributed by atoms with E-state index in [4.69, 9.17) is 0 Å². The van der Waals surface area contributed by atoms with Gasteiger partial charge in [-0.15, -0.1) is 0 Å². The first kappa shape index (κ1) is 14.9. The maximum absolute atomic E-state index is 11.6. The van der Waals surface area contributed by atoms with Crippen LogP contribution in [0.25, 0.3) is 0 Å². The summed E-state index contributed by atoms with van der Waals surface area (Å²) in [6, 6.07) is 0. The molecule has 0 aliphatic rings. The van der Waals surface area contributed by atoms with Crippen LogP contribution in [0.3, 0.4) is 0 Å². The molecule has 4 heteroatoms. The smallest absolute Gasteiger partial charge is 0.152 e. The van der Waals surface area contributed by atoms with Crippen LogP contribution in [0, 0.1) is 5.92 Å². The minimum absolute atomic E-state index is 0.192. The third kappa shape index (κ3) is 6.90. The SMILES string of the molecule is CCC(C)S(=O)(=O)CCCNCC(C)C. The summed E-state index contributed by atoms with van der Waals surface area (Å²) < 4.78 is 23.3. The van der Waals surface area contributed by atoms with Gasteiger partial charge in [-0.1, -0.05) is 20.8 Å². The van der Waals surface area contributed by atoms with Gasteiger partial charge in [0.25, 0.3) is 0 Å². The summed E-state index contributed by atoms with van der Waals surface area (Å²) >= 11 is 0. The largest absolute Gasteiger partial charge is 0.316 e. The van der Waals surface area contributed by atoms with Crippen LogP contribution in [-0.2, 0) is 9.84 Å². The lowest BCUT2D eigenvalue weighted by Gasteiger charge is -2.11. The van der Waals surface area contributed by atoms with E-state index in [1.165, 1.54) is 0 Å². The number of hydrogen-bond donors (Lipinski definition) is 1. The second kappa shape index (κ2) is 7.23. The van der Waals surface area contributed by atoms with E-state index in [0.29, 0.717) is 18.1 Å². The van der Waals surface area contributed by atoms with Crippen molar-refractivity contribution < 1.29 is 8.42 Å². The van der Waals surface area contributed by atoms with Gasteiger partial charge in [0.1, 0.15) is 0 Å². The first-order valence-electron chi connectivity index (χ1n) is 5.82. The molecule has 0 saturated heterocycles. The summed E-state index contributed by atoms with van der Waals surface area (Å²) in [4.78, 5) is 0. The lowest BCUT2D eigenvalue weighted by atomic mass is 10.2. The molecule has 1 unspecified atom stereocenters. The number of nitrogens with one attached hydrogen (secondary N) is 1. The van der Waals surface area contributed by atoms with E-state index in [9.17, 15) is 8.42 Å². The van der Waals surface area contributed by atoms with Gasteiger partial charge in [-0.2, -0.15) is 0 Å². The molecule has 0 bridgehead atoms. The van der Waals surface area contributed by atoms with Gasteiger partial charge in [0, 0.05) is 0 Å². The molecule has 0 saturated carbocycles. The van der Waals surface area contributed by atoms with Gasteiger partial charge in [0.15, 0.2) is 9.84 Å². The summed E-state index contributed by atoms with van der Waals surface area (Å²) in [7, 11) is -2.85. The van der Waals surface area contributed by atoms with Gasteiger partial charge in [0.05, 0.1) is 11.0 Å². The van der Waals surface area contributed by atoms with Gasteiger partial charge in [-0.05, 0) is 38.8 Å². The first-order valence-corrected chi connectivity index (χ1v) is 7.54. The zero-order chi connectivity index (χ0) is 11.9. The molecule has 0 heterocycles. The quantitative estimate of drug-likeness (QED) is 0.653. The lowest BCUT2D eigenvalue weighted by Crippen LogP contribution is -2.25. The zero-order valence-electron chi connectivity index (χ0n) is 10.4. The average molecular weight is 235 g/mol. The molecule has 1 atom stereocenters. The Morgan fingerprint density at radius 3 is 2.27 bits per heavy atom. The highest BCUT2D eigenvalue weighted by Gasteiger charge is 2.17. The maximum Gasteiger partial charge on any atom is 0.152 e. The van der Waals surface area contributed by atoms with E-state index in [-0.39, 0.29) is 5.25 Å². The predicted molar refractivity (Wildman–Crippen MR) is 65.9 cm³/mol. The molecule has 0 aliphatic carbocycles. The Bertz CT molecular complexity index is 247. The normalized spacial score (nSPS) is 14.5. The second-order valence-electron chi connectivity index (χ2n) is 4.54. The first-order chi connectivity index (χ1) is 6.90. The highest BCUT2D eigenvalue weighted by Crippen LogP contribution is 2.06. The fraction of sp³-hybridized carbons (Fsp3) is 1.00. The molecule has 3 nitrogen and oxygen atoms in total. The molecule has 0 fully saturated rings. The van der Waals surface area contributed by atoms with Crippen molar-refractivity contribution in [1.82, 2.24) is 5.32 Å². The third-order valence-electron chi connectivity index (χ3n) is 2.52. The van der Waals surface area contributed by atoms with Crippen molar-refractivity contribution in [3.05, 3.63) is 0 Å². The van der Waals surface area contributed by atoms with Crippen molar-refractivity contribution in [2.45, 2.75) is 45.8 Å². The summed E-state index contributed by atoms with van der Waals surface area (Å²) in [6.07, 6.45) is 1.43. The molecule has 0 aromatic carbocycles. The third-order valence-corrected chi connectivity index (χ3v) is 4.94. The summed E-state index contributed by atoms with van der Waals surface area (Å²) in [5, 5.41) is 3.06. The van der Waals surface area contributed by atoms with Crippen molar-refractivity contribution in [2.75, 3.05) is 18.8 Å². The van der Waals surface area contributed by atoms with Gasteiger partial charge >= 0.3 is 0 Å². The van der Waals surface area contributed by atoms with Crippen LogP contribution in [0.5, 0.6) is 0 Å². The van der Waals surface area contributed by atoms with Crippen LogP contribution in [0.2, 0.25) is 0 Å². The number of hydrogen-bond acceptors (Lipinski definition) is 3. The molecule has 0 spiro atoms. The lowest BCUT2D eigenvalue weighted by molar-refractivity contribution is 0.544. The minimum atomic E-state index is -2.85. The molecule has 0 aliphatic heterocycles. The van der Waals surface area contributed by atoms with Crippen LogP contribution in [-0.4, -0.2) is 32.5 Å². The zero-order valence-corrected chi connectivity index (χ0v) is 11.2. The van der Waals surface area contributed by atoms with E-state index in [1.54, 1.807) is 6.92 Å². The van der Waals surface area contributed by atoms with E-state index in [0.717, 1.165) is 19.5 Å². The van der Waals surface area contributed by atoms with Crippen LogP contribution in [0.15, 0.2) is 0 Å². The van der Waals surface area contributed by atoms with Crippen LogP contribution >= 0.6 is 0 Å². The van der Waals surface area contributed by atoms with E-state index >= 15 is 0 Å². The average Bonchev–Trinajstić information content (AvgIpc) is 2.15. The van der Waals surface area contributed by atoms with Gasteiger partial charge in [-0.25, -0.2) is 8.42 Å². The maximum atomic E-state index is 11.6. The topological polar surface area (TPSA) is 46.2 Å². The molecule has 92 valence electrons. The van der Waals surface area contributed by atoms with Crippen LogP contribution in [0.1, 0.15) is 40.5 Å². The molecule has 0 radical (unpaired) electrons. The molecular weight excluding hydrogens is 210 g/mol. The molecule has 1 N–H and O–H groups in total. The van der Waals surface area contributed by atoms with Crippen molar-refractivity contribution in [3.63, 3.8) is 0 Å². The van der Waals surface area contributed by atoms with Crippen molar-refractivity contribution >= 4 is 9.84 Å². The Balaban J connectivity index is 3.67. The Labute approximate surface area is 94.6 Å². The van der Waals surface area contributed by atoms with Gasteiger partial charge < -0.3 is 5.32 Å². The van der Waals surface area contributed by atoms with Crippen LogP contribution in [0.4, 0.5) is 0 Å². The molecule has 0 aromatic rings. The Hall–Kier alpha value is -0.0900. The highest BCUT2D eigenvalue weighted by atomic mass is 32.2. The van der Waals surface area contributed by atoms with Crippen molar-refractivity contribution in [1.29, 1.82) is 0 Å². The number of sulfone groups is 1. The summed E-state index contributed by atoms with van der Waals surface area (Å²) in [6.45, 7) is 9.75. The van der Waals surface area contributed by atoms with Crippen molar-refractivity contribution in [3.8, 4) is 0 Å². The minimum Gasteiger partial charge on any atom is -0.316 e. The van der Waals surface area contributed by atoms with Crippen LogP contribution < -0.4 is 5.32 Å². The van der Waals surface area contributed by atoms with E-state index < -0.39 is 9.84 Å². The van der Waals surface area contributed by atoms with Crippen molar-refractivity contribution in [2.24, 2.45) is 5.92 Å². The van der Waals surface area contributed by atoms with E-state index in [1.807, 2.05) is 6.92 Å². The van der Waals surface area contributed by atoms with Gasteiger partial charge in [-0.3, -0.25) is 0 Å². The Kier molecular flexibility index (Phi) is 7.18. The molecule has 0 rings (SSSR count). The molecular formula is C11H25NO2S. The fourth-order valence-electron chi connectivity index (χ4n) is 1.24. The highest BCUT2D eigenvalue weighted by molar-refractivity contribution is 7.91.